The van der Waals surface area contributed by atoms with E-state index in [1.165, 1.54) is 29.7 Å². The summed E-state index contributed by atoms with van der Waals surface area (Å²) in [7, 11) is 2.08. The van der Waals surface area contributed by atoms with Crippen molar-refractivity contribution in [2.45, 2.75) is 25.3 Å². The highest BCUT2D eigenvalue weighted by molar-refractivity contribution is 5.79. The van der Waals surface area contributed by atoms with Gasteiger partial charge in [0.15, 0.2) is 0 Å². The first-order valence-electron chi connectivity index (χ1n) is 10.5. The topological polar surface area (TPSA) is 37.3 Å². The Morgan fingerprint density at radius 1 is 0.931 bits per heavy atom. The molecular weight excluding hydrogens is 358 g/mol. The van der Waals surface area contributed by atoms with Crippen LogP contribution in [0.25, 0.3) is 11.1 Å². The number of benzene rings is 2. The molecule has 0 spiro atoms. The minimum absolute atomic E-state index is 0.0795. The second-order valence-electron chi connectivity index (χ2n) is 7.85. The van der Waals surface area contributed by atoms with E-state index < -0.39 is 0 Å². The molecule has 0 aliphatic carbocycles. The third kappa shape index (κ3) is 4.77. The van der Waals surface area contributed by atoms with E-state index in [1.54, 1.807) is 0 Å². The number of carbonyl (C=O) groups excluding carboxylic acids is 1. The molecule has 0 saturated carbocycles. The molecule has 1 aromatic heterocycles. The van der Waals surface area contributed by atoms with Gasteiger partial charge >= 0.3 is 0 Å². The van der Waals surface area contributed by atoms with Gasteiger partial charge in [0.1, 0.15) is 0 Å². The van der Waals surface area contributed by atoms with Crippen LogP contribution >= 0.6 is 0 Å². The number of aryl methyl sites for hydroxylation is 1. The predicted molar refractivity (Wildman–Crippen MR) is 118 cm³/mol. The van der Waals surface area contributed by atoms with Crippen LogP contribution in [-0.2, 0) is 18.3 Å². The summed E-state index contributed by atoms with van der Waals surface area (Å²) in [5.41, 5.74) is 4.67. The van der Waals surface area contributed by atoms with E-state index in [1.807, 2.05) is 18.2 Å². The van der Waals surface area contributed by atoms with Gasteiger partial charge in [-0.25, -0.2) is 0 Å². The maximum Gasteiger partial charge on any atom is 0.224 e. The SMILES string of the molecule is Cn1cccc1C(CNC(=O)Cc1ccc(-c2ccccc2)cc1)N1CCCC1. The molecule has 1 atom stereocenters. The molecule has 1 saturated heterocycles. The Hall–Kier alpha value is -2.85. The van der Waals surface area contributed by atoms with Crippen LogP contribution in [0.3, 0.4) is 0 Å². The summed E-state index contributed by atoms with van der Waals surface area (Å²) in [6, 6.07) is 23.1. The minimum atomic E-state index is 0.0795. The Bertz CT molecular complexity index is 924. The average molecular weight is 388 g/mol. The van der Waals surface area contributed by atoms with Gasteiger partial charge < -0.3 is 9.88 Å². The summed E-state index contributed by atoms with van der Waals surface area (Å²) < 4.78 is 2.16. The number of nitrogens with zero attached hydrogens (tertiary/aromatic N) is 2. The molecule has 0 radical (unpaired) electrons. The Balaban J connectivity index is 1.36. The monoisotopic (exact) mass is 387 g/mol. The minimum Gasteiger partial charge on any atom is -0.354 e. The first-order valence-corrected chi connectivity index (χ1v) is 10.5. The number of aromatic nitrogens is 1. The van der Waals surface area contributed by atoms with Gasteiger partial charge in [-0.3, -0.25) is 9.69 Å². The second kappa shape index (κ2) is 9.10. The summed E-state index contributed by atoms with van der Waals surface area (Å²) >= 11 is 0. The smallest absolute Gasteiger partial charge is 0.224 e. The van der Waals surface area contributed by atoms with E-state index in [-0.39, 0.29) is 11.9 Å². The Morgan fingerprint density at radius 3 is 2.28 bits per heavy atom. The molecule has 0 bridgehead atoms. The van der Waals surface area contributed by atoms with Gasteiger partial charge in [-0.15, -0.1) is 0 Å². The zero-order valence-corrected chi connectivity index (χ0v) is 17.1. The zero-order valence-electron chi connectivity index (χ0n) is 17.1. The molecule has 3 aromatic rings. The highest BCUT2D eigenvalue weighted by Crippen LogP contribution is 2.25. The molecule has 1 fully saturated rings. The quantitative estimate of drug-likeness (QED) is 0.660. The van der Waals surface area contributed by atoms with Gasteiger partial charge in [0, 0.05) is 25.5 Å². The van der Waals surface area contributed by atoms with Crippen LogP contribution in [0.1, 0.15) is 30.1 Å². The molecule has 1 N–H and O–H groups in total. The number of rotatable bonds is 7. The summed E-state index contributed by atoms with van der Waals surface area (Å²) in [5, 5.41) is 3.18. The largest absolute Gasteiger partial charge is 0.354 e. The highest BCUT2D eigenvalue weighted by Gasteiger charge is 2.25. The van der Waals surface area contributed by atoms with Crippen molar-refractivity contribution in [1.82, 2.24) is 14.8 Å². The molecular formula is C25H29N3O. The number of hydrogen-bond donors (Lipinski definition) is 1. The standard InChI is InChI=1S/C25H29N3O/c1-27-15-7-10-23(27)24(28-16-5-6-17-28)19-26-25(29)18-20-11-13-22(14-12-20)21-8-3-2-4-9-21/h2-4,7-15,24H,5-6,16-19H2,1H3,(H,26,29). The van der Waals surface area contributed by atoms with E-state index in [0.717, 1.165) is 18.7 Å². The van der Waals surface area contributed by atoms with Crippen LogP contribution < -0.4 is 5.32 Å². The van der Waals surface area contributed by atoms with Crippen molar-refractivity contribution in [2.75, 3.05) is 19.6 Å². The normalized spacial score (nSPS) is 15.3. The number of hydrogen-bond acceptors (Lipinski definition) is 2. The molecule has 1 unspecified atom stereocenters. The Morgan fingerprint density at radius 2 is 1.62 bits per heavy atom. The first-order chi connectivity index (χ1) is 14.2. The molecule has 4 rings (SSSR count). The van der Waals surface area contributed by atoms with Gasteiger partial charge in [-0.05, 0) is 54.8 Å². The molecule has 2 aromatic carbocycles. The lowest BCUT2D eigenvalue weighted by atomic mass is 10.0. The van der Waals surface area contributed by atoms with E-state index in [9.17, 15) is 4.79 Å². The number of amides is 1. The van der Waals surface area contributed by atoms with Crippen molar-refractivity contribution in [1.29, 1.82) is 0 Å². The van der Waals surface area contributed by atoms with Crippen LogP contribution in [0.2, 0.25) is 0 Å². The third-order valence-corrected chi connectivity index (χ3v) is 5.83. The van der Waals surface area contributed by atoms with Gasteiger partial charge in [0.25, 0.3) is 0 Å². The van der Waals surface area contributed by atoms with E-state index in [4.69, 9.17) is 0 Å². The number of likely N-dealkylation sites (tertiary alicyclic amines) is 1. The second-order valence-corrected chi connectivity index (χ2v) is 7.85. The molecule has 1 aliphatic heterocycles. The van der Waals surface area contributed by atoms with Crippen molar-refractivity contribution in [3.8, 4) is 11.1 Å². The van der Waals surface area contributed by atoms with Crippen molar-refractivity contribution >= 4 is 5.91 Å². The van der Waals surface area contributed by atoms with Gasteiger partial charge in [-0.2, -0.15) is 0 Å². The van der Waals surface area contributed by atoms with Crippen molar-refractivity contribution in [3.63, 3.8) is 0 Å². The zero-order chi connectivity index (χ0) is 20.1. The molecule has 29 heavy (non-hydrogen) atoms. The van der Waals surface area contributed by atoms with E-state index >= 15 is 0 Å². The maximum atomic E-state index is 12.6. The van der Waals surface area contributed by atoms with Crippen molar-refractivity contribution in [2.24, 2.45) is 7.05 Å². The van der Waals surface area contributed by atoms with Crippen molar-refractivity contribution < 1.29 is 4.79 Å². The molecule has 2 heterocycles. The predicted octanol–water partition coefficient (Wildman–Crippen LogP) is 4.19. The summed E-state index contributed by atoms with van der Waals surface area (Å²) in [6.07, 6.45) is 4.97. The average Bonchev–Trinajstić information content (AvgIpc) is 3.42. The fraction of sp³-hybridized carbons (Fsp3) is 0.320. The third-order valence-electron chi connectivity index (χ3n) is 5.83. The van der Waals surface area contributed by atoms with Crippen LogP contribution in [0, 0.1) is 0 Å². The summed E-state index contributed by atoms with van der Waals surface area (Å²) in [4.78, 5) is 15.1. The van der Waals surface area contributed by atoms with Gasteiger partial charge in [0.05, 0.1) is 12.5 Å². The number of carbonyl (C=O) groups is 1. The molecule has 4 heteroatoms. The number of nitrogens with one attached hydrogen (secondary N) is 1. The van der Waals surface area contributed by atoms with Gasteiger partial charge in [-0.1, -0.05) is 54.6 Å². The molecule has 4 nitrogen and oxygen atoms in total. The fourth-order valence-electron chi connectivity index (χ4n) is 4.20. The lowest BCUT2D eigenvalue weighted by Gasteiger charge is -2.28. The molecule has 150 valence electrons. The lowest BCUT2D eigenvalue weighted by Crippen LogP contribution is -2.38. The van der Waals surface area contributed by atoms with Crippen LogP contribution in [-0.4, -0.2) is 35.0 Å². The van der Waals surface area contributed by atoms with E-state index in [0.29, 0.717) is 13.0 Å². The fourth-order valence-corrected chi connectivity index (χ4v) is 4.20. The van der Waals surface area contributed by atoms with Crippen LogP contribution in [0.5, 0.6) is 0 Å². The first kappa shape index (κ1) is 19.5. The van der Waals surface area contributed by atoms with Crippen LogP contribution in [0.15, 0.2) is 72.9 Å². The Kier molecular flexibility index (Phi) is 6.11. The highest BCUT2D eigenvalue weighted by atomic mass is 16.1. The van der Waals surface area contributed by atoms with Crippen LogP contribution in [0.4, 0.5) is 0 Å². The summed E-state index contributed by atoms with van der Waals surface area (Å²) in [6.45, 7) is 2.86. The van der Waals surface area contributed by atoms with Crippen molar-refractivity contribution in [3.05, 3.63) is 84.2 Å². The Labute approximate surface area is 173 Å². The van der Waals surface area contributed by atoms with E-state index in [2.05, 4.69) is 76.6 Å². The summed E-state index contributed by atoms with van der Waals surface area (Å²) in [5.74, 6) is 0.0795. The lowest BCUT2D eigenvalue weighted by molar-refractivity contribution is -0.120. The van der Waals surface area contributed by atoms with Gasteiger partial charge in [0.2, 0.25) is 5.91 Å². The molecule has 1 aliphatic rings. The molecule has 1 amide bonds. The maximum absolute atomic E-state index is 12.6.